The van der Waals surface area contributed by atoms with Crippen molar-refractivity contribution in [3.63, 3.8) is 0 Å². The Labute approximate surface area is 210 Å². The molecule has 2 heterocycles. The lowest BCUT2D eigenvalue weighted by Gasteiger charge is -2.32. The van der Waals surface area contributed by atoms with Crippen molar-refractivity contribution >= 4 is 23.0 Å². The van der Waals surface area contributed by atoms with Crippen LogP contribution < -0.4 is 9.75 Å². The van der Waals surface area contributed by atoms with Crippen molar-refractivity contribution in [2.24, 2.45) is 5.10 Å². The standard InChI is InChI=1S/C24H17ClF7N3O2/c1-37-21-9-7-14(12-33-21)13-6-8-15(17(26)10-13)19-11-20(22(36,23(27,28)29)24(30,31)32)34-35(19)18-5-3-2-4-16(18)25/h2-10,12,19,36H,11H2,1H3. The van der Waals surface area contributed by atoms with Crippen molar-refractivity contribution in [2.75, 3.05) is 12.1 Å². The smallest absolute Gasteiger partial charge is 0.431 e. The number of halogens is 8. The fourth-order valence-electron chi connectivity index (χ4n) is 3.97. The van der Waals surface area contributed by atoms with E-state index < -0.39 is 41.9 Å². The van der Waals surface area contributed by atoms with Crippen LogP contribution in [-0.2, 0) is 0 Å². The highest BCUT2D eigenvalue weighted by molar-refractivity contribution is 6.33. The van der Waals surface area contributed by atoms with Crippen LogP contribution in [0.15, 0.2) is 65.9 Å². The van der Waals surface area contributed by atoms with Crippen LogP contribution in [0.25, 0.3) is 11.1 Å². The minimum absolute atomic E-state index is 0.0543. The number of aromatic nitrogens is 1. The molecule has 37 heavy (non-hydrogen) atoms. The highest BCUT2D eigenvalue weighted by Gasteiger charge is 2.74. The van der Waals surface area contributed by atoms with Gasteiger partial charge in [-0.05, 0) is 29.8 Å². The number of methoxy groups -OCH3 is 1. The highest BCUT2D eigenvalue weighted by atomic mass is 35.5. The number of ether oxygens (including phenoxy) is 1. The zero-order valence-electron chi connectivity index (χ0n) is 18.8. The van der Waals surface area contributed by atoms with Crippen LogP contribution in [0.5, 0.6) is 5.88 Å². The Morgan fingerprint density at radius 3 is 2.16 bits per heavy atom. The van der Waals surface area contributed by atoms with E-state index in [1.165, 1.54) is 55.8 Å². The summed E-state index contributed by atoms with van der Waals surface area (Å²) >= 11 is 6.14. The summed E-state index contributed by atoms with van der Waals surface area (Å²) in [4.78, 5) is 4.02. The normalized spacial score (nSPS) is 16.6. The first kappa shape index (κ1) is 26.7. The van der Waals surface area contributed by atoms with Gasteiger partial charge in [0, 0.05) is 29.8 Å². The molecule has 1 N–H and O–H groups in total. The van der Waals surface area contributed by atoms with Gasteiger partial charge in [-0.15, -0.1) is 0 Å². The largest absolute Gasteiger partial charge is 0.481 e. The monoisotopic (exact) mass is 547 g/mol. The molecular weight excluding hydrogens is 531 g/mol. The van der Waals surface area contributed by atoms with E-state index in [1.54, 1.807) is 6.07 Å². The van der Waals surface area contributed by atoms with Gasteiger partial charge in [0.25, 0.3) is 5.60 Å². The number of para-hydroxylation sites is 1. The summed E-state index contributed by atoms with van der Waals surface area (Å²) in [6.45, 7) is 0. The number of nitrogens with zero attached hydrogens (tertiary/aromatic N) is 3. The third-order valence-electron chi connectivity index (χ3n) is 5.89. The number of rotatable bonds is 5. The van der Waals surface area contributed by atoms with Crippen molar-refractivity contribution in [1.82, 2.24) is 4.98 Å². The number of aliphatic hydroxyl groups is 1. The van der Waals surface area contributed by atoms with Gasteiger partial charge in [-0.3, -0.25) is 5.01 Å². The summed E-state index contributed by atoms with van der Waals surface area (Å²) in [6, 6.07) is 11.0. The topological polar surface area (TPSA) is 58.0 Å². The average molecular weight is 548 g/mol. The number of pyridine rings is 1. The maximum absolute atomic E-state index is 15.4. The van der Waals surface area contributed by atoms with E-state index in [1.807, 2.05) is 0 Å². The molecule has 0 radical (unpaired) electrons. The quantitative estimate of drug-likeness (QED) is 0.361. The Hall–Kier alpha value is -3.38. The zero-order chi connectivity index (χ0) is 27.2. The molecule has 0 amide bonds. The van der Waals surface area contributed by atoms with Gasteiger partial charge in [-0.2, -0.15) is 31.4 Å². The predicted octanol–water partition coefficient (Wildman–Crippen LogP) is 6.71. The number of hydrazone groups is 1. The molecule has 5 nitrogen and oxygen atoms in total. The predicted molar refractivity (Wildman–Crippen MR) is 122 cm³/mol. The number of hydrogen-bond donors (Lipinski definition) is 1. The Morgan fingerprint density at radius 2 is 1.62 bits per heavy atom. The van der Waals surface area contributed by atoms with Crippen LogP contribution in [-0.4, -0.2) is 40.9 Å². The van der Waals surface area contributed by atoms with Crippen molar-refractivity contribution in [3.8, 4) is 17.0 Å². The molecule has 0 saturated heterocycles. The van der Waals surface area contributed by atoms with Gasteiger partial charge in [0.05, 0.1) is 29.6 Å². The van der Waals surface area contributed by atoms with Crippen molar-refractivity contribution in [1.29, 1.82) is 0 Å². The van der Waals surface area contributed by atoms with Crippen LogP contribution in [0.1, 0.15) is 18.0 Å². The fraction of sp³-hybridized carbons (Fsp3) is 0.250. The van der Waals surface area contributed by atoms with E-state index in [4.69, 9.17) is 16.3 Å². The van der Waals surface area contributed by atoms with Gasteiger partial charge in [-0.1, -0.05) is 35.9 Å². The summed E-state index contributed by atoms with van der Waals surface area (Å²) < 4.78 is 102. The van der Waals surface area contributed by atoms with E-state index in [-0.39, 0.29) is 16.3 Å². The summed E-state index contributed by atoms with van der Waals surface area (Å²) in [5.74, 6) is -0.608. The molecule has 1 unspecified atom stereocenters. The van der Waals surface area contributed by atoms with E-state index in [2.05, 4.69) is 10.1 Å². The SMILES string of the molecule is COc1ccc(-c2ccc(C3CC(C(O)(C(F)(F)F)C(F)(F)F)=NN3c3ccccc3Cl)c(F)c2)cn1. The summed E-state index contributed by atoms with van der Waals surface area (Å²) in [6.07, 6.45) is -12.0. The van der Waals surface area contributed by atoms with E-state index in [9.17, 15) is 31.4 Å². The number of anilines is 1. The van der Waals surface area contributed by atoms with Gasteiger partial charge in [0.15, 0.2) is 0 Å². The minimum atomic E-state index is -6.14. The Morgan fingerprint density at radius 1 is 0.973 bits per heavy atom. The van der Waals surface area contributed by atoms with Crippen LogP contribution in [0.3, 0.4) is 0 Å². The summed E-state index contributed by atoms with van der Waals surface area (Å²) in [7, 11) is 1.41. The van der Waals surface area contributed by atoms with E-state index in [0.29, 0.717) is 17.0 Å². The van der Waals surface area contributed by atoms with Crippen LogP contribution in [0.4, 0.5) is 36.4 Å². The molecule has 0 bridgehead atoms. The third-order valence-corrected chi connectivity index (χ3v) is 6.21. The van der Waals surface area contributed by atoms with Crippen molar-refractivity contribution < 1.29 is 40.6 Å². The molecule has 1 aliphatic rings. The lowest BCUT2D eigenvalue weighted by Crippen LogP contribution is -2.62. The minimum Gasteiger partial charge on any atom is -0.481 e. The first-order chi connectivity index (χ1) is 17.3. The van der Waals surface area contributed by atoms with E-state index >= 15 is 4.39 Å². The van der Waals surface area contributed by atoms with Crippen LogP contribution in [0, 0.1) is 5.82 Å². The Bertz CT molecular complexity index is 1310. The van der Waals surface area contributed by atoms with Gasteiger partial charge < -0.3 is 9.84 Å². The summed E-state index contributed by atoms with van der Waals surface area (Å²) in [5, 5.41) is 14.1. The molecule has 0 fully saturated rings. The number of hydrogen-bond acceptors (Lipinski definition) is 5. The van der Waals surface area contributed by atoms with Crippen molar-refractivity contribution in [2.45, 2.75) is 30.4 Å². The molecule has 0 saturated carbocycles. The molecule has 1 aromatic heterocycles. The highest BCUT2D eigenvalue weighted by Crippen LogP contribution is 2.49. The van der Waals surface area contributed by atoms with Gasteiger partial charge in [-0.25, -0.2) is 9.37 Å². The average Bonchev–Trinajstić information content (AvgIpc) is 3.27. The van der Waals surface area contributed by atoms with Gasteiger partial charge in [0.1, 0.15) is 5.82 Å². The summed E-state index contributed by atoms with van der Waals surface area (Å²) in [5.41, 5.74) is -6.38. The second-order valence-electron chi connectivity index (χ2n) is 8.09. The maximum Gasteiger partial charge on any atom is 0.431 e. The number of alkyl halides is 6. The first-order valence-electron chi connectivity index (χ1n) is 10.6. The third kappa shape index (κ3) is 4.71. The number of benzene rings is 2. The van der Waals surface area contributed by atoms with E-state index in [0.717, 1.165) is 11.1 Å². The lowest BCUT2D eigenvalue weighted by atomic mass is 9.89. The van der Waals surface area contributed by atoms with Crippen molar-refractivity contribution in [3.05, 3.63) is 77.2 Å². The Balaban J connectivity index is 1.81. The molecule has 13 heteroatoms. The maximum atomic E-state index is 15.4. The molecule has 3 aromatic rings. The Kier molecular flexibility index (Phi) is 6.84. The zero-order valence-corrected chi connectivity index (χ0v) is 19.5. The molecule has 0 aliphatic carbocycles. The van der Waals surface area contributed by atoms with Crippen LogP contribution in [0.2, 0.25) is 5.02 Å². The molecule has 0 spiro atoms. The fourth-order valence-corrected chi connectivity index (χ4v) is 4.19. The molecule has 1 aliphatic heterocycles. The second-order valence-corrected chi connectivity index (χ2v) is 8.50. The molecule has 4 rings (SSSR count). The first-order valence-corrected chi connectivity index (χ1v) is 10.9. The second kappa shape index (κ2) is 9.49. The van der Waals surface area contributed by atoms with Gasteiger partial charge in [0.2, 0.25) is 5.88 Å². The van der Waals surface area contributed by atoms with Crippen LogP contribution >= 0.6 is 11.6 Å². The molecular formula is C24H17ClF7N3O2. The molecule has 2 aromatic carbocycles. The molecule has 1 atom stereocenters. The van der Waals surface area contributed by atoms with Gasteiger partial charge >= 0.3 is 12.4 Å². The molecule has 196 valence electrons. The lowest BCUT2D eigenvalue weighted by molar-refractivity contribution is -0.338.